The summed E-state index contributed by atoms with van der Waals surface area (Å²) >= 11 is 11.8. The van der Waals surface area contributed by atoms with E-state index in [1.54, 1.807) is 26.1 Å². The molecule has 23 heavy (non-hydrogen) atoms. The van der Waals surface area contributed by atoms with Gasteiger partial charge in [-0.3, -0.25) is 9.59 Å². The summed E-state index contributed by atoms with van der Waals surface area (Å²) in [7, 11) is 1.55. The highest BCUT2D eigenvalue weighted by Gasteiger charge is 2.23. The first-order valence-corrected chi connectivity index (χ1v) is 7.93. The smallest absolute Gasteiger partial charge is 0.263 e. The maximum Gasteiger partial charge on any atom is 0.263 e. The molecule has 0 spiro atoms. The SMILES string of the molecule is C[C@H](Oc1ccc(Cl)cc1Cl)C(=O)N(C)CC(=O)NC(C)(C)C. The van der Waals surface area contributed by atoms with Crippen molar-refractivity contribution < 1.29 is 14.3 Å². The lowest BCUT2D eigenvalue weighted by atomic mass is 10.1. The second-order valence-electron chi connectivity index (χ2n) is 6.33. The number of rotatable bonds is 5. The van der Waals surface area contributed by atoms with Crippen molar-refractivity contribution in [1.82, 2.24) is 10.2 Å². The van der Waals surface area contributed by atoms with Gasteiger partial charge in [-0.1, -0.05) is 23.2 Å². The van der Waals surface area contributed by atoms with Crippen LogP contribution in [0.5, 0.6) is 5.75 Å². The van der Waals surface area contributed by atoms with Crippen molar-refractivity contribution in [3.8, 4) is 5.75 Å². The van der Waals surface area contributed by atoms with Crippen LogP contribution >= 0.6 is 23.2 Å². The van der Waals surface area contributed by atoms with Crippen LogP contribution in [0.2, 0.25) is 10.0 Å². The van der Waals surface area contributed by atoms with Crippen LogP contribution in [0.25, 0.3) is 0 Å². The molecular weight excluding hydrogens is 339 g/mol. The molecule has 0 bridgehead atoms. The molecule has 1 N–H and O–H groups in total. The zero-order chi connectivity index (χ0) is 17.8. The maximum atomic E-state index is 12.3. The molecule has 0 radical (unpaired) electrons. The van der Waals surface area contributed by atoms with Gasteiger partial charge < -0.3 is 15.0 Å². The van der Waals surface area contributed by atoms with E-state index in [1.807, 2.05) is 20.8 Å². The minimum Gasteiger partial charge on any atom is -0.479 e. The van der Waals surface area contributed by atoms with Crippen LogP contribution in [0.3, 0.4) is 0 Å². The molecule has 0 heterocycles. The fourth-order valence-corrected chi connectivity index (χ4v) is 2.33. The normalized spacial score (nSPS) is 12.5. The Balaban J connectivity index is 2.63. The molecule has 2 amide bonds. The highest BCUT2D eigenvalue weighted by molar-refractivity contribution is 6.35. The van der Waals surface area contributed by atoms with Crippen molar-refractivity contribution in [3.63, 3.8) is 0 Å². The Morgan fingerprint density at radius 3 is 2.43 bits per heavy atom. The Morgan fingerprint density at radius 1 is 1.30 bits per heavy atom. The van der Waals surface area contributed by atoms with Crippen LogP contribution in [-0.2, 0) is 9.59 Å². The number of carbonyl (C=O) groups excluding carboxylic acids is 2. The topological polar surface area (TPSA) is 58.6 Å². The van der Waals surface area contributed by atoms with Crippen molar-refractivity contribution in [2.75, 3.05) is 13.6 Å². The van der Waals surface area contributed by atoms with E-state index in [1.165, 1.54) is 11.0 Å². The van der Waals surface area contributed by atoms with Gasteiger partial charge in [-0.2, -0.15) is 0 Å². The number of ether oxygens (including phenoxy) is 1. The fourth-order valence-electron chi connectivity index (χ4n) is 1.87. The van der Waals surface area contributed by atoms with Crippen LogP contribution in [0, 0.1) is 0 Å². The van der Waals surface area contributed by atoms with Gasteiger partial charge in [0.25, 0.3) is 5.91 Å². The average molecular weight is 361 g/mol. The van der Waals surface area contributed by atoms with Gasteiger partial charge in [0.2, 0.25) is 5.91 Å². The Labute approximate surface area is 146 Å². The summed E-state index contributed by atoms with van der Waals surface area (Å²) in [4.78, 5) is 25.5. The van der Waals surface area contributed by atoms with E-state index in [0.717, 1.165) is 0 Å². The van der Waals surface area contributed by atoms with Crippen molar-refractivity contribution >= 4 is 35.0 Å². The lowest BCUT2D eigenvalue weighted by molar-refractivity contribution is -0.140. The minimum atomic E-state index is -0.777. The number of nitrogens with one attached hydrogen (secondary N) is 1. The van der Waals surface area contributed by atoms with E-state index in [2.05, 4.69) is 5.32 Å². The third kappa shape index (κ3) is 6.67. The highest BCUT2D eigenvalue weighted by Crippen LogP contribution is 2.28. The quantitative estimate of drug-likeness (QED) is 0.877. The molecule has 0 aromatic heterocycles. The number of carbonyl (C=O) groups is 2. The Morgan fingerprint density at radius 2 is 1.91 bits per heavy atom. The number of hydrogen-bond donors (Lipinski definition) is 1. The Kier molecular flexibility index (Phi) is 6.71. The van der Waals surface area contributed by atoms with Gasteiger partial charge in [0.1, 0.15) is 5.75 Å². The summed E-state index contributed by atoms with van der Waals surface area (Å²) in [6.07, 6.45) is -0.777. The first-order chi connectivity index (χ1) is 10.5. The molecule has 0 aliphatic carbocycles. The van der Waals surface area contributed by atoms with Gasteiger partial charge in [-0.05, 0) is 45.9 Å². The second-order valence-corrected chi connectivity index (χ2v) is 7.17. The molecule has 128 valence electrons. The molecule has 0 saturated carbocycles. The second kappa shape index (κ2) is 7.88. The molecule has 1 rings (SSSR count). The Hall–Kier alpha value is -1.46. The number of amides is 2. The maximum absolute atomic E-state index is 12.3. The molecule has 0 fully saturated rings. The predicted octanol–water partition coefficient (Wildman–Crippen LogP) is 3.13. The number of benzene rings is 1. The van der Waals surface area contributed by atoms with Crippen LogP contribution in [0.15, 0.2) is 18.2 Å². The third-order valence-electron chi connectivity index (χ3n) is 2.82. The molecule has 5 nitrogen and oxygen atoms in total. The average Bonchev–Trinajstić information content (AvgIpc) is 2.38. The zero-order valence-corrected chi connectivity index (χ0v) is 15.5. The predicted molar refractivity (Wildman–Crippen MR) is 92.1 cm³/mol. The zero-order valence-electron chi connectivity index (χ0n) is 13.9. The fraction of sp³-hybridized carbons (Fsp3) is 0.500. The van der Waals surface area contributed by atoms with Gasteiger partial charge >= 0.3 is 0 Å². The number of hydrogen-bond acceptors (Lipinski definition) is 3. The molecule has 0 unspecified atom stereocenters. The van der Waals surface area contributed by atoms with E-state index in [9.17, 15) is 9.59 Å². The van der Waals surface area contributed by atoms with E-state index in [0.29, 0.717) is 15.8 Å². The van der Waals surface area contributed by atoms with Crippen LogP contribution in [0.1, 0.15) is 27.7 Å². The van der Waals surface area contributed by atoms with E-state index in [4.69, 9.17) is 27.9 Å². The molecule has 0 aliphatic rings. The summed E-state index contributed by atoms with van der Waals surface area (Å²) in [6.45, 7) is 7.19. The highest BCUT2D eigenvalue weighted by atomic mass is 35.5. The molecule has 0 aliphatic heterocycles. The van der Waals surface area contributed by atoms with Gasteiger partial charge in [-0.25, -0.2) is 0 Å². The minimum absolute atomic E-state index is 0.0435. The van der Waals surface area contributed by atoms with Gasteiger partial charge in [0.15, 0.2) is 6.10 Å². The van der Waals surface area contributed by atoms with Crippen LogP contribution < -0.4 is 10.1 Å². The lowest BCUT2D eigenvalue weighted by Crippen LogP contribution is -2.48. The Bertz CT molecular complexity index is 585. The summed E-state index contributed by atoms with van der Waals surface area (Å²) < 4.78 is 5.55. The molecule has 1 aromatic carbocycles. The van der Waals surface area contributed by atoms with E-state index < -0.39 is 6.10 Å². The van der Waals surface area contributed by atoms with Crippen molar-refractivity contribution in [2.24, 2.45) is 0 Å². The summed E-state index contributed by atoms with van der Waals surface area (Å²) in [5, 5.41) is 3.61. The number of likely N-dealkylation sites (N-methyl/N-ethyl adjacent to an activating group) is 1. The van der Waals surface area contributed by atoms with Crippen LogP contribution in [-0.4, -0.2) is 41.9 Å². The van der Waals surface area contributed by atoms with E-state index >= 15 is 0 Å². The van der Waals surface area contributed by atoms with E-state index in [-0.39, 0.29) is 23.9 Å². The molecule has 7 heteroatoms. The standard InChI is InChI=1S/C16H22Cl2N2O3/c1-10(23-13-7-6-11(17)8-12(13)18)15(22)20(5)9-14(21)19-16(2,3)4/h6-8,10H,9H2,1-5H3,(H,19,21)/t10-/m0/s1. The number of halogens is 2. The number of nitrogens with zero attached hydrogens (tertiary/aromatic N) is 1. The molecule has 1 atom stereocenters. The largest absolute Gasteiger partial charge is 0.479 e. The van der Waals surface area contributed by atoms with Gasteiger partial charge in [0.05, 0.1) is 11.6 Å². The third-order valence-corrected chi connectivity index (χ3v) is 3.35. The monoisotopic (exact) mass is 360 g/mol. The molecular formula is C16H22Cl2N2O3. The van der Waals surface area contributed by atoms with Crippen molar-refractivity contribution in [3.05, 3.63) is 28.2 Å². The first kappa shape index (κ1) is 19.6. The van der Waals surface area contributed by atoms with Crippen molar-refractivity contribution in [1.29, 1.82) is 0 Å². The first-order valence-electron chi connectivity index (χ1n) is 7.17. The lowest BCUT2D eigenvalue weighted by Gasteiger charge is -2.25. The van der Waals surface area contributed by atoms with Crippen molar-refractivity contribution in [2.45, 2.75) is 39.3 Å². The summed E-state index contributed by atoms with van der Waals surface area (Å²) in [5.74, 6) is -0.186. The van der Waals surface area contributed by atoms with Gasteiger partial charge in [0, 0.05) is 17.6 Å². The van der Waals surface area contributed by atoms with Crippen LogP contribution in [0.4, 0.5) is 0 Å². The summed E-state index contributed by atoms with van der Waals surface area (Å²) in [5.41, 5.74) is -0.347. The summed E-state index contributed by atoms with van der Waals surface area (Å²) in [6, 6.07) is 4.76. The molecule has 1 aromatic rings. The molecule has 0 saturated heterocycles. The van der Waals surface area contributed by atoms with Gasteiger partial charge in [-0.15, -0.1) is 0 Å².